The average Bonchev–Trinajstić information content (AvgIpc) is 3.16. The van der Waals surface area contributed by atoms with Crippen LogP contribution in [0.2, 0.25) is 0 Å². The van der Waals surface area contributed by atoms with Gasteiger partial charge in [-0.3, -0.25) is 4.79 Å². The molecule has 3 unspecified atom stereocenters. The number of ether oxygens (including phenoxy) is 1. The van der Waals surface area contributed by atoms with Gasteiger partial charge in [-0.25, -0.2) is 4.99 Å². The first-order chi connectivity index (χ1) is 15.0. The van der Waals surface area contributed by atoms with Crippen molar-refractivity contribution in [3.8, 4) is 0 Å². The number of aliphatic imine (C=N–C) groups is 1. The lowest BCUT2D eigenvalue weighted by Crippen LogP contribution is -2.72. The standard InChI is InChI=1S/C24H37N5O2/c1-28(2)20(30)17-26-23(25-14-8-15-29(3)18-9-5-4-6-10-18)27-21-19-11-16-31-22(19)24(21)12-7-13-24/h4-6,9-10,19,21-22H,7-8,11-17H2,1-3H3,(H2,25,26,27). The van der Waals surface area contributed by atoms with Gasteiger partial charge in [-0.2, -0.15) is 0 Å². The fourth-order valence-electron chi connectivity index (χ4n) is 5.38. The van der Waals surface area contributed by atoms with Gasteiger partial charge in [0, 0.05) is 63.9 Å². The molecule has 7 nitrogen and oxygen atoms in total. The fourth-order valence-corrected chi connectivity index (χ4v) is 5.38. The Balaban J connectivity index is 1.33. The molecule has 1 aliphatic heterocycles. The van der Waals surface area contributed by atoms with Crippen LogP contribution < -0.4 is 15.5 Å². The van der Waals surface area contributed by atoms with Gasteiger partial charge in [0.05, 0.1) is 6.10 Å². The summed E-state index contributed by atoms with van der Waals surface area (Å²) in [5, 5.41) is 7.19. The number of nitrogens with zero attached hydrogens (tertiary/aromatic N) is 3. The second-order valence-corrected chi connectivity index (χ2v) is 9.44. The van der Waals surface area contributed by atoms with E-state index in [-0.39, 0.29) is 17.9 Å². The maximum atomic E-state index is 12.1. The van der Waals surface area contributed by atoms with Gasteiger partial charge in [0.1, 0.15) is 6.54 Å². The quantitative estimate of drug-likeness (QED) is 0.378. The van der Waals surface area contributed by atoms with Gasteiger partial charge in [-0.05, 0) is 37.8 Å². The smallest absolute Gasteiger partial charge is 0.243 e. The molecule has 1 amide bonds. The summed E-state index contributed by atoms with van der Waals surface area (Å²) in [5.41, 5.74) is 1.50. The molecule has 0 aromatic heterocycles. The monoisotopic (exact) mass is 427 g/mol. The van der Waals surface area contributed by atoms with E-state index in [2.05, 4.69) is 51.8 Å². The summed E-state index contributed by atoms with van der Waals surface area (Å²) < 4.78 is 6.05. The number of carbonyl (C=O) groups excluding carboxylic acids is 1. The third-order valence-electron chi connectivity index (χ3n) is 7.36. The highest BCUT2D eigenvalue weighted by molar-refractivity contribution is 5.85. The Morgan fingerprint density at radius 3 is 2.68 bits per heavy atom. The Hall–Kier alpha value is -2.28. The van der Waals surface area contributed by atoms with E-state index < -0.39 is 0 Å². The van der Waals surface area contributed by atoms with E-state index >= 15 is 0 Å². The van der Waals surface area contributed by atoms with E-state index in [1.165, 1.54) is 24.9 Å². The van der Waals surface area contributed by atoms with E-state index in [9.17, 15) is 4.79 Å². The number of fused-ring (bicyclic) bond motifs is 2. The molecule has 1 aromatic carbocycles. The largest absolute Gasteiger partial charge is 0.377 e. The first kappa shape index (κ1) is 21.9. The van der Waals surface area contributed by atoms with Crippen molar-refractivity contribution in [1.82, 2.24) is 15.5 Å². The molecule has 1 aromatic rings. The van der Waals surface area contributed by atoms with Gasteiger partial charge in [-0.15, -0.1) is 0 Å². The van der Waals surface area contributed by atoms with Crippen molar-refractivity contribution in [2.75, 3.05) is 52.3 Å². The Bertz CT molecular complexity index is 777. The molecule has 0 bridgehead atoms. The van der Waals surface area contributed by atoms with Gasteiger partial charge in [0.15, 0.2) is 5.96 Å². The number of likely N-dealkylation sites (N-methyl/N-ethyl adjacent to an activating group) is 1. The van der Waals surface area contributed by atoms with E-state index in [1.807, 2.05) is 6.07 Å². The number of para-hydroxylation sites is 1. The van der Waals surface area contributed by atoms with Crippen molar-refractivity contribution >= 4 is 17.6 Å². The average molecular weight is 428 g/mol. The Morgan fingerprint density at radius 1 is 1.23 bits per heavy atom. The van der Waals surface area contributed by atoms with Crippen molar-refractivity contribution in [1.29, 1.82) is 0 Å². The lowest BCUT2D eigenvalue weighted by atomic mass is 9.46. The molecule has 3 aliphatic rings. The SMILES string of the molecule is CN(C)C(=O)CN=C(NCCCN(C)c1ccccc1)NC1C2CCOC2C12CCC2. The molecule has 170 valence electrons. The van der Waals surface area contributed by atoms with Gasteiger partial charge < -0.3 is 25.2 Å². The molecule has 4 rings (SSSR count). The minimum atomic E-state index is 0.0129. The van der Waals surface area contributed by atoms with Gasteiger partial charge in [0.25, 0.3) is 0 Å². The zero-order valence-corrected chi connectivity index (χ0v) is 19.1. The van der Waals surface area contributed by atoms with Crippen molar-refractivity contribution in [3.63, 3.8) is 0 Å². The van der Waals surface area contributed by atoms with E-state index in [1.54, 1.807) is 19.0 Å². The van der Waals surface area contributed by atoms with Crippen LogP contribution in [0.4, 0.5) is 5.69 Å². The van der Waals surface area contributed by atoms with Gasteiger partial charge in [0.2, 0.25) is 5.91 Å². The lowest BCUT2D eigenvalue weighted by molar-refractivity contribution is -0.171. The highest BCUT2D eigenvalue weighted by atomic mass is 16.5. The molecule has 2 saturated carbocycles. The van der Waals surface area contributed by atoms with Crippen molar-refractivity contribution in [2.45, 2.75) is 44.2 Å². The molecular weight excluding hydrogens is 390 g/mol. The number of benzene rings is 1. The molecule has 0 radical (unpaired) electrons. The van der Waals surface area contributed by atoms with Gasteiger partial charge >= 0.3 is 0 Å². The normalized spacial score (nSPS) is 25.9. The number of hydrogen-bond donors (Lipinski definition) is 2. The third-order valence-corrected chi connectivity index (χ3v) is 7.36. The number of carbonyl (C=O) groups is 1. The highest BCUT2D eigenvalue weighted by Crippen LogP contribution is 2.62. The van der Waals surface area contributed by atoms with E-state index in [0.717, 1.165) is 38.5 Å². The summed E-state index contributed by atoms with van der Waals surface area (Å²) in [6, 6.07) is 10.8. The second kappa shape index (κ2) is 9.47. The summed E-state index contributed by atoms with van der Waals surface area (Å²) >= 11 is 0. The summed E-state index contributed by atoms with van der Waals surface area (Å²) in [7, 11) is 5.66. The first-order valence-electron chi connectivity index (χ1n) is 11.6. The maximum Gasteiger partial charge on any atom is 0.243 e. The van der Waals surface area contributed by atoms with Crippen molar-refractivity contribution in [3.05, 3.63) is 30.3 Å². The number of nitrogens with one attached hydrogen (secondary N) is 2. The van der Waals surface area contributed by atoms with Crippen LogP contribution in [0.1, 0.15) is 32.1 Å². The van der Waals surface area contributed by atoms with Gasteiger partial charge in [-0.1, -0.05) is 24.6 Å². The Kier molecular flexibility index (Phi) is 6.70. The number of rotatable bonds is 8. The van der Waals surface area contributed by atoms with Crippen LogP contribution in [-0.4, -0.2) is 76.3 Å². The maximum absolute atomic E-state index is 12.1. The molecular formula is C24H37N5O2. The second-order valence-electron chi connectivity index (χ2n) is 9.44. The van der Waals surface area contributed by atoms with Crippen LogP contribution in [0.5, 0.6) is 0 Å². The molecule has 31 heavy (non-hydrogen) atoms. The molecule has 3 atom stereocenters. The topological polar surface area (TPSA) is 69.2 Å². The third kappa shape index (κ3) is 4.52. The molecule has 3 fully saturated rings. The predicted octanol–water partition coefficient (Wildman–Crippen LogP) is 2.09. The Morgan fingerprint density at radius 2 is 2.00 bits per heavy atom. The molecule has 1 heterocycles. The van der Waals surface area contributed by atoms with Crippen LogP contribution in [-0.2, 0) is 9.53 Å². The molecule has 7 heteroatoms. The van der Waals surface area contributed by atoms with Crippen LogP contribution >= 0.6 is 0 Å². The minimum absolute atomic E-state index is 0.0129. The molecule has 2 N–H and O–H groups in total. The van der Waals surface area contributed by atoms with Crippen molar-refractivity contribution < 1.29 is 9.53 Å². The lowest BCUT2D eigenvalue weighted by Gasteiger charge is -2.63. The zero-order valence-electron chi connectivity index (χ0n) is 19.1. The van der Waals surface area contributed by atoms with Crippen LogP contribution in [0.15, 0.2) is 35.3 Å². The number of anilines is 1. The van der Waals surface area contributed by atoms with Crippen LogP contribution in [0, 0.1) is 11.3 Å². The minimum Gasteiger partial charge on any atom is -0.377 e. The summed E-state index contributed by atoms with van der Waals surface area (Å²) in [5.74, 6) is 1.35. The van der Waals surface area contributed by atoms with Crippen LogP contribution in [0.3, 0.4) is 0 Å². The number of guanidine groups is 1. The first-order valence-corrected chi connectivity index (χ1v) is 11.6. The summed E-state index contributed by atoms with van der Waals surface area (Å²) in [6.45, 7) is 2.80. The summed E-state index contributed by atoms with van der Waals surface area (Å²) in [4.78, 5) is 20.6. The number of amides is 1. The van der Waals surface area contributed by atoms with E-state index in [0.29, 0.717) is 18.1 Å². The summed E-state index contributed by atoms with van der Waals surface area (Å²) in [6.07, 6.45) is 6.28. The zero-order chi connectivity index (χ0) is 21.8. The predicted molar refractivity (Wildman–Crippen MR) is 124 cm³/mol. The molecule has 1 spiro atoms. The fraction of sp³-hybridized carbons (Fsp3) is 0.667. The van der Waals surface area contributed by atoms with Crippen molar-refractivity contribution in [2.24, 2.45) is 16.3 Å². The van der Waals surface area contributed by atoms with E-state index in [4.69, 9.17) is 4.74 Å². The Labute approximate surface area is 186 Å². The molecule has 2 aliphatic carbocycles. The molecule has 1 saturated heterocycles. The number of hydrogen-bond acceptors (Lipinski definition) is 4. The highest BCUT2D eigenvalue weighted by Gasteiger charge is 2.66. The van der Waals surface area contributed by atoms with Crippen LogP contribution in [0.25, 0.3) is 0 Å².